The molecule has 0 amide bonds. The first-order chi connectivity index (χ1) is 12.6. The van der Waals surface area contributed by atoms with Crippen molar-refractivity contribution >= 4 is 5.97 Å². The van der Waals surface area contributed by atoms with Crippen molar-refractivity contribution in [3.05, 3.63) is 88.3 Å². The topological polar surface area (TPSA) is 72.2 Å². The van der Waals surface area contributed by atoms with Crippen molar-refractivity contribution < 1.29 is 9.90 Å². The summed E-state index contributed by atoms with van der Waals surface area (Å²) < 4.78 is 1.25. The van der Waals surface area contributed by atoms with Crippen molar-refractivity contribution in [1.82, 2.24) is 9.55 Å². The predicted molar refractivity (Wildman–Crippen MR) is 100 cm³/mol. The first-order valence-corrected chi connectivity index (χ1v) is 8.55. The molecule has 1 aromatic heterocycles. The summed E-state index contributed by atoms with van der Waals surface area (Å²) >= 11 is 0. The molecular formula is C21H20N2O3. The van der Waals surface area contributed by atoms with E-state index in [0.29, 0.717) is 17.8 Å². The number of hydrogen-bond acceptors (Lipinski definition) is 3. The Morgan fingerprint density at radius 1 is 0.962 bits per heavy atom. The molecule has 0 atom stereocenters. The normalized spacial score (nSPS) is 10.6. The van der Waals surface area contributed by atoms with Gasteiger partial charge in [0, 0.05) is 17.3 Å². The van der Waals surface area contributed by atoms with E-state index >= 15 is 0 Å². The second-order valence-corrected chi connectivity index (χ2v) is 6.10. The molecule has 2 aromatic carbocycles. The number of nitrogens with zero attached hydrogens (tertiary/aromatic N) is 2. The largest absolute Gasteiger partial charge is 0.480 e. The van der Waals surface area contributed by atoms with Crippen LogP contribution in [0, 0.1) is 0 Å². The van der Waals surface area contributed by atoms with Crippen LogP contribution in [-0.2, 0) is 24.2 Å². The molecule has 0 bridgehead atoms. The minimum Gasteiger partial charge on any atom is -0.480 e. The van der Waals surface area contributed by atoms with Crippen LogP contribution in [0.1, 0.15) is 17.5 Å². The minimum atomic E-state index is -1.06. The lowest BCUT2D eigenvalue weighted by atomic mass is 10.1. The van der Waals surface area contributed by atoms with Gasteiger partial charge in [0.15, 0.2) is 0 Å². The van der Waals surface area contributed by atoms with Gasteiger partial charge in [0.25, 0.3) is 5.56 Å². The molecule has 132 valence electrons. The summed E-state index contributed by atoms with van der Waals surface area (Å²) in [4.78, 5) is 28.4. The zero-order valence-electron chi connectivity index (χ0n) is 14.3. The van der Waals surface area contributed by atoms with Crippen molar-refractivity contribution in [3.63, 3.8) is 0 Å². The molecule has 0 radical (unpaired) electrons. The lowest BCUT2D eigenvalue weighted by molar-refractivity contribution is -0.137. The first-order valence-electron chi connectivity index (χ1n) is 8.55. The Labute approximate surface area is 151 Å². The summed E-state index contributed by atoms with van der Waals surface area (Å²) in [5.74, 6) is -0.683. The number of carboxylic acids is 1. The van der Waals surface area contributed by atoms with Crippen LogP contribution in [0.4, 0.5) is 0 Å². The maximum absolute atomic E-state index is 12.8. The third-order valence-electron chi connectivity index (χ3n) is 4.20. The zero-order chi connectivity index (χ0) is 18.4. The lowest BCUT2D eigenvalue weighted by Crippen LogP contribution is -2.29. The molecule has 0 spiro atoms. The van der Waals surface area contributed by atoms with E-state index < -0.39 is 12.5 Å². The smallest absolute Gasteiger partial charge is 0.323 e. The molecule has 1 N–H and O–H groups in total. The third-order valence-corrected chi connectivity index (χ3v) is 4.20. The van der Waals surface area contributed by atoms with Crippen molar-refractivity contribution in [2.45, 2.75) is 25.8 Å². The van der Waals surface area contributed by atoms with E-state index in [0.717, 1.165) is 18.4 Å². The summed E-state index contributed by atoms with van der Waals surface area (Å²) in [5, 5.41) is 9.19. The molecule has 5 nitrogen and oxygen atoms in total. The lowest BCUT2D eigenvalue weighted by Gasteiger charge is -2.12. The highest BCUT2D eigenvalue weighted by Gasteiger charge is 2.14. The van der Waals surface area contributed by atoms with Gasteiger partial charge in [0.05, 0.1) is 0 Å². The number of carboxylic acid groups (broad SMARTS) is 1. The Morgan fingerprint density at radius 2 is 1.62 bits per heavy atom. The monoisotopic (exact) mass is 348 g/mol. The van der Waals surface area contributed by atoms with Crippen molar-refractivity contribution in [3.8, 4) is 11.4 Å². The number of aryl methyl sites for hydroxylation is 2. The fourth-order valence-corrected chi connectivity index (χ4v) is 2.93. The van der Waals surface area contributed by atoms with Gasteiger partial charge in [0.2, 0.25) is 0 Å². The van der Waals surface area contributed by atoms with E-state index in [4.69, 9.17) is 0 Å². The van der Waals surface area contributed by atoms with Crippen molar-refractivity contribution in [1.29, 1.82) is 0 Å². The number of carbonyl (C=O) groups is 1. The van der Waals surface area contributed by atoms with E-state index in [1.165, 1.54) is 10.1 Å². The highest BCUT2D eigenvalue weighted by Crippen LogP contribution is 2.15. The maximum Gasteiger partial charge on any atom is 0.323 e. The Hall–Kier alpha value is -3.21. The van der Waals surface area contributed by atoms with Gasteiger partial charge in [-0.2, -0.15) is 0 Å². The average molecular weight is 348 g/mol. The van der Waals surface area contributed by atoms with Crippen LogP contribution in [0.5, 0.6) is 0 Å². The second-order valence-electron chi connectivity index (χ2n) is 6.10. The van der Waals surface area contributed by atoms with Gasteiger partial charge in [0.1, 0.15) is 12.4 Å². The first kappa shape index (κ1) is 17.6. The SMILES string of the molecule is O=C(O)Cn1c(-c2ccccc2)ncc(CCCc2ccccc2)c1=O. The van der Waals surface area contributed by atoms with E-state index in [1.54, 1.807) is 6.20 Å². The van der Waals surface area contributed by atoms with Crippen LogP contribution in [0.3, 0.4) is 0 Å². The van der Waals surface area contributed by atoms with Gasteiger partial charge in [-0.25, -0.2) is 4.98 Å². The van der Waals surface area contributed by atoms with Crippen molar-refractivity contribution in [2.75, 3.05) is 0 Å². The summed E-state index contributed by atoms with van der Waals surface area (Å²) in [5.41, 5.74) is 2.20. The molecule has 0 aliphatic rings. The average Bonchev–Trinajstić information content (AvgIpc) is 2.66. The summed E-state index contributed by atoms with van der Waals surface area (Å²) in [6.45, 7) is -0.400. The van der Waals surface area contributed by atoms with Crippen molar-refractivity contribution in [2.24, 2.45) is 0 Å². The van der Waals surface area contributed by atoms with E-state index in [2.05, 4.69) is 17.1 Å². The number of benzene rings is 2. The van der Waals surface area contributed by atoms with Gasteiger partial charge in [-0.05, 0) is 24.8 Å². The molecule has 1 heterocycles. The fourth-order valence-electron chi connectivity index (χ4n) is 2.93. The molecule has 3 aromatic rings. The molecule has 0 fully saturated rings. The number of aliphatic carboxylic acids is 1. The Kier molecular flexibility index (Phi) is 5.59. The fraction of sp³-hybridized carbons (Fsp3) is 0.190. The molecule has 0 aliphatic heterocycles. The second kappa shape index (κ2) is 8.25. The third kappa shape index (κ3) is 4.25. The Bertz CT molecular complexity index is 934. The Morgan fingerprint density at radius 3 is 2.27 bits per heavy atom. The summed E-state index contributed by atoms with van der Waals surface area (Å²) in [6.07, 6.45) is 3.81. The van der Waals surface area contributed by atoms with Crippen LogP contribution in [-0.4, -0.2) is 20.6 Å². The summed E-state index contributed by atoms with van der Waals surface area (Å²) in [7, 11) is 0. The zero-order valence-corrected chi connectivity index (χ0v) is 14.3. The molecule has 0 saturated carbocycles. The number of hydrogen-bond donors (Lipinski definition) is 1. The van der Waals surface area contributed by atoms with Crippen LogP contribution in [0.25, 0.3) is 11.4 Å². The minimum absolute atomic E-state index is 0.283. The van der Waals surface area contributed by atoms with E-state index in [-0.39, 0.29) is 5.56 Å². The van der Waals surface area contributed by atoms with Crippen LogP contribution in [0.15, 0.2) is 71.7 Å². The molecule has 26 heavy (non-hydrogen) atoms. The molecule has 5 heteroatoms. The Balaban J connectivity index is 1.85. The quantitative estimate of drug-likeness (QED) is 0.712. The van der Waals surface area contributed by atoms with Gasteiger partial charge in [-0.15, -0.1) is 0 Å². The highest BCUT2D eigenvalue weighted by atomic mass is 16.4. The molecule has 3 rings (SSSR count). The van der Waals surface area contributed by atoms with Gasteiger partial charge >= 0.3 is 5.97 Å². The molecule has 0 unspecified atom stereocenters. The maximum atomic E-state index is 12.8. The van der Waals surface area contributed by atoms with Crippen LogP contribution < -0.4 is 5.56 Å². The van der Waals surface area contributed by atoms with Crippen LogP contribution >= 0.6 is 0 Å². The van der Waals surface area contributed by atoms with Gasteiger partial charge < -0.3 is 5.11 Å². The molecule has 0 saturated heterocycles. The van der Waals surface area contributed by atoms with Crippen LogP contribution in [0.2, 0.25) is 0 Å². The van der Waals surface area contributed by atoms with E-state index in [9.17, 15) is 14.7 Å². The van der Waals surface area contributed by atoms with Gasteiger partial charge in [-0.1, -0.05) is 60.7 Å². The van der Waals surface area contributed by atoms with Gasteiger partial charge in [-0.3, -0.25) is 14.2 Å². The summed E-state index contributed by atoms with van der Waals surface area (Å²) in [6, 6.07) is 19.2. The standard InChI is InChI=1S/C21H20N2O3/c24-19(25)15-23-20(17-11-5-2-6-12-17)22-14-18(21(23)26)13-7-10-16-8-3-1-4-9-16/h1-6,8-9,11-12,14H,7,10,13,15H2,(H,24,25). The molecular weight excluding hydrogens is 328 g/mol. The molecule has 0 aliphatic carbocycles. The number of rotatable bonds is 7. The van der Waals surface area contributed by atoms with E-state index in [1.807, 2.05) is 48.5 Å². The highest BCUT2D eigenvalue weighted by molar-refractivity contribution is 5.68. The number of aromatic nitrogens is 2. The predicted octanol–water partition coefficient (Wildman–Crippen LogP) is 3.17.